The van der Waals surface area contributed by atoms with Gasteiger partial charge in [0.05, 0.1) is 26.2 Å². The van der Waals surface area contributed by atoms with E-state index in [1.54, 1.807) is 14.2 Å². The summed E-state index contributed by atoms with van der Waals surface area (Å²) in [6.45, 7) is 10.1. The number of nitrogens with one attached hydrogen (secondary N) is 2. The zero-order valence-electron chi connectivity index (χ0n) is 18.1. The molecule has 0 saturated carbocycles. The van der Waals surface area contributed by atoms with Crippen LogP contribution in [0.15, 0.2) is 23.2 Å². The second-order valence-electron chi connectivity index (χ2n) is 6.95. The van der Waals surface area contributed by atoms with Crippen LogP contribution in [0, 0.1) is 5.41 Å². The smallest absolute Gasteiger partial charge is 0.227 e. The molecule has 1 aromatic rings. The third-order valence-corrected chi connectivity index (χ3v) is 4.17. The molecule has 0 radical (unpaired) electrons. The molecular weight excluding hydrogens is 471 g/mol. The molecule has 160 valence electrons. The lowest BCUT2D eigenvalue weighted by Gasteiger charge is -2.26. The fraction of sp³-hybridized carbons (Fsp3) is 0.600. The Balaban J connectivity index is 0.00000729. The Kier molecular flexibility index (Phi) is 11.9. The molecule has 0 spiro atoms. The fourth-order valence-corrected chi connectivity index (χ4v) is 2.53. The highest BCUT2D eigenvalue weighted by atomic mass is 127. The first kappa shape index (κ1) is 26.3. The van der Waals surface area contributed by atoms with Gasteiger partial charge >= 0.3 is 0 Å². The molecule has 1 rings (SSSR count). The van der Waals surface area contributed by atoms with Crippen LogP contribution in [0.2, 0.25) is 0 Å². The number of amides is 1. The van der Waals surface area contributed by atoms with Gasteiger partial charge in [0.2, 0.25) is 5.91 Å². The molecule has 0 atom stereocenters. The quantitative estimate of drug-likeness (QED) is 0.306. The lowest BCUT2D eigenvalue weighted by atomic mass is 9.92. The molecule has 2 N–H and O–H groups in total. The van der Waals surface area contributed by atoms with Crippen molar-refractivity contribution in [3.05, 3.63) is 23.8 Å². The summed E-state index contributed by atoms with van der Waals surface area (Å²) in [4.78, 5) is 18.9. The molecule has 0 aromatic heterocycles. The SMILES string of the molecule is CCNC(=O)C(C)(C)CN=C(NCC)N(C)Cc1ccc(OC)cc1OC.I. The van der Waals surface area contributed by atoms with E-state index in [2.05, 4.69) is 15.6 Å². The van der Waals surface area contributed by atoms with E-state index in [0.717, 1.165) is 29.6 Å². The number of carbonyl (C=O) groups is 1. The molecule has 1 amide bonds. The Morgan fingerprint density at radius 2 is 1.79 bits per heavy atom. The van der Waals surface area contributed by atoms with Gasteiger partial charge in [-0.15, -0.1) is 24.0 Å². The summed E-state index contributed by atoms with van der Waals surface area (Å²) in [5, 5.41) is 6.15. The maximum absolute atomic E-state index is 12.2. The van der Waals surface area contributed by atoms with Crippen molar-refractivity contribution in [2.24, 2.45) is 10.4 Å². The standard InChI is InChI=1S/C20H34N4O3.HI/c1-8-21-18(25)20(3,4)14-23-19(22-9-2)24(5)13-15-10-11-16(26-6)12-17(15)27-7;/h10-12H,8-9,13-14H2,1-7H3,(H,21,25)(H,22,23);1H. The third-order valence-electron chi connectivity index (χ3n) is 4.17. The summed E-state index contributed by atoms with van der Waals surface area (Å²) >= 11 is 0. The first-order valence-electron chi connectivity index (χ1n) is 9.27. The Bertz CT molecular complexity index is 650. The molecule has 1 aromatic carbocycles. The molecule has 0 saturated heterocycles. The van der Waals surface area contributed by atoms with Crippen LogP contribution in [0.25, 0.3) is 0 Å². The van der Waals surface area contributed by atoms with Crippen molar-refractivity contribution in [2.45, 2.75) is 34.2 Å². The monoisotopic (exact) mass is 506 g/mol. The van der Waals surface area contributed by atoms with Gasteiger partial charge in [-0.1, -0.05) is 0 Å². The average Bonchev–Trinajstić information content (AvgIpc) is 2.65. The highest BCUT2D eigenvalue weighted by molar-refractivity contribution is 14.0. The van der Waals surface area contributed by atoms with Gasteiger partial charge in [0.25, 0.3) is 0 Å². The van der Waals surface area contributed by atoms with Gasteiger partial charge in [-0.25, -0.2) is 0 Å². The number of benzene rings is 1. The van der Waals surface area contributed by atoms with Crippen LogP contribution in [0.3, 0.4) is 0 Å². The van der Waals surface area contributed by atoms with E-state index < -0.39 is 5.41 Å². The van der Waals surface area contributed by atoms with Gasteiger partial charge < -0.3 is 25.0 Å². The molecule has 8 heteroatoms. The third kappa shape index (κ3) is 7.73. The van der Waals surface area contributed by atoms with E-state index in [4.69, 9.17) is 9.47 Å². The number of rotatable bonds is 9. The van der Waals surface area contributed by atoms with Crippen LogP contribution >= 0.6 is 24.0 Å². The van der Waals surface area contributed by atoms with E-state index >= 15 is 0 Å². The summed E-state index contributed by atoms with van der Waals surface area (Å²) in [7, 11) is 5.24. The van der Waals surface area contributed by atoms with Crippen LogP contribution in [-0.4, -0.2) is 57.7 Å². The molecule has 0 aliphatic carbocycles. The summed E-state index contributed by atoms with van der Waals surface area (Å²) in [5.74, 6) is 2.26. The normalized spacial score (nSPS) is 11.3. The summed E-state index contributed by atoms with van der Waals surface area (Å²) in [6.07, 6.45) is 0. The number of halogens is 1. The van der Waals surface area contributed by atoms with Gasteiger partial charge in [0, 0.05) is 38.3 Å². The first-order valence-corrected chi connectivity index (χ1v) is 9.27. The van der Waals surface area contributed by atoms with E-state index in [1.807, 2.05) is 57.8 Å². The molecule has 7 nitrogen and oxygen atoms in total. The minimum atomic E-state index is -0.574. The van der Waals surface area contributed by atoms with Crippen LogP contribution in [0.4, 0.5) is 0 Å². The minimum Gasteiger partial charge on any atom is -0.497 e. The van der Waals surface area contributed by atoms with Gasteiger partial charge in [-0.2, -0.15) is 0 Å². The number of hydrogen-bond acceptors (Lipinski definition) is 4. The highest BCUT2D eigenvalue weighted by Gasteiger charge is 2.27. The lowest BCUT2D eigenvalue weighted by molar-refractivity contribution is -0.128. The first-order chi connectivity index (χ1) is 12.8. The molecule has 0 aliphatic rings. The summed E-state index contributed by atoms with van der Waals surface area (Å²) in [6, 6.07) is 5.76. The number of guanidine groups is 1. The zero-order valence-corrected chi connectivity index (χ0v) is 20.4. The van der Waals surface area contributed by atoms with Crippen molar-refractivity contribution in [3.8, 4) is 11.5 Å². The molecule has 0 aliphatic heterocycles. The van der Waals surface area contributed by atoms with E-state index in [9.17, 15) is 4.79 Å². The van der Waals surface area contributed by atoms with Crippen LogP contribution in [-0.2, 0) is 11.3 Å². The minimum absolute atomic E-state index is 0. The number of ether oxygens (including phenoxy) is 2. The Morgan fingerprint density at radius 3 is 2.32 bits per heavy atom. The zero-order chi connectivity index (χ0) is 20.4. The fourth-order valence-electron chi connectivity index (χ4n) is 2.53. The van der Waals surface area contributed by atoms with Crippen molar-refractivity contribution in [3.63, 3.8) is 0 Å². The van der Waals surface area contributed by atoms with E-state index in [0.29, 0.717) is 19.6 Å². The number of nitrogens with zero attached hydrogens (tertiary/aromatic N) is 2. The highest BCUT2D eigenvalue weighted by Crippen LogP contribution is 2.25. The second kappa shape index (κ2) is 12.7. The van der Waals surface area contributed by atoms with E-state index in [1.165, 1.54) is 0 Å². The molecule has 0 unspecified atom stereocenters. The largest absolute Gasteiger partial charge is 0.497 e. The maximum atomic E-state index is 12.2. The van der Waals surface area contributed by atoms with Crippen LogP contribution < -0.4 is 20.1 Å². The molecule has 0 bridgehead atoms. The maximum Gasteiger partial charge on any atom is 0.227 e. The van der Waals surface area contributed by atoms with E-state index in [-0.39, 0.29) is 29.9 Å². The molecule has 0 fully saturated rings. The van der Waals surface area contributed by atoms with Gasteiger partial charge in [-0.3, -0.25) is 9.79 Å². The van der Waals surface area contributed by atoms with Crippen LogP contribution in [0.5, 0.6) is 11.5 Å². The van der Waals surface area contributed by atoms with Gasteiger partial charge in [0.1, 0.15) is 11.5 Å². The van der Waals surface area contributed by atoms with Gasteiger partial charge in [0.15, 0.2) is 5.96 Å². The average molecular weight is 506 g/mol. The predicted octanol–water partition coefficient (Wildman–Crippen LogP) is 2.88. The van der Waals surface area contributed by atoms with Crippen molar-refractivity contribution in [1.29, 1.82) is 0 Å². The van der Waals surface area contributed by atoms with Gasteiger partial charge in [-0.05, 0) is 39.8 Å². The summed E-state index contributed by atoms with van der Waals surface area (Å²) < 4.78 is 10.7. The van der Waals surface area contributed by atoms with Crippen molar-refractivity contribution >= 4 is 35.8 Å². The Labute approximate surface area is 186 Å². The molecule has 0 heterocycles. The second-order valence-corrected chi connectivity index (χ2v) is 6.95. The predicted molar refractivity (Wildman–Crippen MR) is 125 cm³/mol. The van der Waals surface area contributed by atoms with Crippen molar-refractivity contribution in [2.75, 3.05) is 40.9 Å². The number of hydrogen-bond donors (Lipinski definition) is 2. The Morgan fingerprint density at radius 1 is 1.14 bits per heavy atom. The topological polar surface area (TPSA) is 75.2 Å². The number of methoxy groups -OCH3 is 2. The van der Waals surface area contributed by atoms with Crippen molar-refractivity contribution in [1.82, 2.24) is 15.5 Å². The Hall–Kier alpha value is -1.71. The molecular formula is C20H35IN4O3. The summed E-state index contributed by atoms with van der Waals surface area (Å²) in [5.41, 5.74) is 0.448. The number of carbonyl (C=O) groups excluding carboxylic acids is 1. The number of aliphatic imine (C=N–C) groups is 1. The molecule has 28 heavy (non-hydrogen) atoms. The van der Waals surface area contributed by atoms with Crippen LogP contribution in [0.1, 0.15) is 33.3 Å². The van der Waals surface area contributed by atoms with Crippen molar-refractivity contribution < 1.29 is 14.3 Å². The lowest BCUT2D eigenvalue weighted by Crippen LogP contribution is -2.42.